The lowest BCUT2D eigenvalue weighted by molar-refractivity contribution is -0.153. The molecular weight excluding hydrogens is 202 g/mol. The van der Waals surface area contributed by atoms with Gasteiger partial charge in [-0.1, -0.05) is 0 Å². The fraction of sp³-hybridized carbons (Fsp3) is 0.923. The molecule has 0 aromatic rings. The number of nitrogens with one attached hydrogen (secondary N) is 1. The lowest BCUT2D eigenvalue weighted by Crippen LogP contribution is -2.23. The maximum atomic E-state index is 12.0. The Morgan fingerprint density at radius 1 is 1.06 bits per heavy atom. The van der Waals surface area contributed by atoms with Gasteiger partial charge in [-0.15, -0.1) is 0 Å². The number of rotatable bonds is 2. The van der Waals surface area contributed by atoms with Gasteiger partial charge in [0.25, 0.3) is 0 Å². The monoisotopic (exact) mass is 223 g/mol. The first-order chi connectivity index (χ1) is 7.83. The molecule has 3 nitrogen and oxygen atoms in total. The Hall–Kier alpha value is -0.570. The van der Waals surface area contributed by atoms with E-state index >= 15 is 0 Å². The van der Waals surface area contributed by atoms with E-state index in [2.05, 4.69) is 5.32 Å². The fourth-order valence-corrected chi connectivity index (χ4v) is 3.63. The highest BCUT2D eigenvalue weighted by molar-refractivity contribution is 5.73. The second-order valence-corrected chi connectivity index (χ2v) is 5.69. The second kappa shape index (κ2) is 4.36. The molecular formula is C13H21NO2. The van der Waals surface area contributed by atoms with E-state index in [1.165, 1.54) is 12.8 Å². The standard InChI is InChI=1S/C13H21NO2/c15-13(16-12-3-1-2-4-12)9-5-10-7-14-8-11(10)6-9/h9-12,14H,1-8H2/t9?,10-,11+. The summed E-state index contributed by atoms with van der Waals surface area (Å²) in [6, 6.07) is 0. The summed E-state index contributed by atoms with van der Waals surface area (Å²) in [6.07, 6.45) is 7.01. The molecule has 0 spiro atoms. The van der Waals surface area contributed by atoms with Gasteiger partial charge in [-0.05, 0) is 63.5 Å². The van der Waals surface area contributed by atoms with Crippen molar-refractivity contribution in [1.82, 2.24) is 5.32 Å². The average molecular weight is 223 g/mol. The Kier molecular flexibility index (Phi) is 2.88. The summed E-state index contributed by atoms with van der Waals surface area (Å²) in [5.41, 5.74) is 0. The maximum Gasteiger partial charge on any atom is 0.309 e. The third-order valence-electron chi connectivity index (χ3n) is 4.57. The molecule has 90 valence electrons. The quantitative estimate of drug-likeness (QED) is 0.724. The minimum atomic E-state index is 0.0984. The molecule has 2 saturated carbocycles. The zero-order chi connectivity index (χ0) is 11.0. The Morgan fingerprint density at radius 2 is 1.69 bits per heavy atom. The number of hydrogen-bond acceptors (Lipinski definition) is 3. The first-order valence-corrected chi connectivity index (χ1v) is 6.74. The Morgan fingerprint density at radius 3 is 2.31 bits per heavy atom. The van der Waals surface area contributed by atoms with E-state index in [1.807, 2.05) is 0 Å². The molecule has 3 rings (SSSR count). The molecule has 16 heavy (non-hydrogen) atoms. The zero-order valence-corrected chi connectivity index (χ0v) is 9.78. The van der Waals surface area contributed by atoms with Crippen LogP contribution in [0.1, 0.15) is 38.5 Å². The molecule has 0 amide bonds. The van der Waals surface area contributed by atoms with E-state index < -0.39 is 0 Å². The molecule has 0 aromatic heterocycles. The molecule has 0 bridgehead atoms. The molecule has 0 aromatic carbocycles. The van der Waals surface area contributed by atoms with Crippen molar-refractivity contribution in [2.75, 3.05) is 13.1 Å². The van der Waals surface area contributed by atoms with Crippen LogP contribution in [-0.2, 0) is 9.53 Å². The second-order valence-electron chi connectivity index (χ2n) is 5.69. The number of hydrogen-bond donors (Lipinski definition) is 1. The molecule has 3 atom stereocenters. The fourth-order valence-electron chi connectivity index (χ4n) is 3.63. The normalized spacial score (nSPS) is 38.9. The maximum absolute atomic E-state index is 12.0. The zero-order valence-electron chi connectivity index (χ0n) is 9.78. The van der Waals surface area contributed by atoms with E-state index in [-0.39, 0.29) is 18.0 Å². The van der Waals surface area contributed by atoms with Gasteiger partial charge in [0.2, 0.25) is 0 Å². The molecule has 3 aliphatic rings. The van der Waals surface area contributed by atoms with Crippen LogP contribution in [0.5, 0.6) is 0 Å². The van der Waals surface area contributed by atoms with Crippen molar-refractivity contribution in [1.29, 1.82) is 0 Å². The van der Waals surface area contributed by atoms with Crippen molar-refractivity contribution in [3.8, 4) is 0 Å². The van der Waals surface area contributed by atoms with E-state index in [4.69, 9.17) is 4.74 Å². The van der Waals surface area contributed by atoms with Crippen LogP contribution in [0.25, 0.3) is 0 Å². The van der Waals surface area contributed by atoms with Crippen LogP contribution in [-0.4, -0.2) is 25.2 Å². The van der Waals surface area contributed by atoms with Crippen molar-refractivity contribution in [3.05, 3.63) is 0 Å². The third-order valence-corrected chi connectivity index (χ3v) is 4.57. The largest absolute Gasteiger partial charge is 0.462 e. The summed E-state index contributed by atoms with van der Waals surface area (Å²) in [5.74, 6) is 1.78. The van der Waals surface area contributed by atoms with Gasteiger partial charge in [0, 0.05) is 0 Å². The van der Waals surface area contributed by atoms with Crippen molar-refractivity contribution < 1.29 is 9.53 Å². The average Bonchev–Trinajstić information content (AvgIpc) is 2.91. The smallest absolute Gasteiger partial charge is 0.309 e. The van der Waals surface area contributed by atoms with Gasteiger partial charge in [0.05, 0.1) is 5.92 Å². The Bertz CT molecular complexity index is 261. The molecule has 0 radical (unpaired) electrons. The molecule has 2 aliphatic carbocycles. The van der Waals surface area contributed by atoms with Crippen LogP contribution in [0.3, 0.4) is 0 Å². The minimum Gasteiger partial charge on any atom is -0.462 e. The van der Waals surface area contributed by atoms with Crippen molar-refractivity contribution >= 4 is 5.97 Å². The minimum absolute atomic E-state index is 0.0984. The van der Waals surface area contributed by atoms with Gasteiger partial charge in [-0.25, -0.2) is 0 Å². The topological polar surface area (TPSA) is 38.3 Å². The Balaban J connectivity index is 1.51. The summed E-state index contributed by atoms with van der Waals surface area (Å²) < 4.78 is 5.60. The lowest BCUT2D eigenvalue weighted by atomic mass is 10.0. The highest BCUT2D eigenvalue weighted by atomic mass is 16.5. The van der Waals surface area contributed by atoms with Crippen molar-refractivity contribution in [2.24, 2.45) is 17.8 Å². The molecule has 1 aliphatic heterocycles. The number of fused-ring (bicyclic) bond motifs is 1. The van der Waals surface area contributed by atoms with E-state index in [0.29, 0.717) is 0 Å². The molecule has 3 heteroatoms. The first-order valence-electron chi connectivity index (χ1n) is 6.74. The van der Waals surface area contributed by atoms with Crippen molar-refractivity contribution in [2.45, 2.75) is 44.6 Å². The molecule has 1 saturated heterocycles. The van der Waals surface area contributed by atoms with Gasteiger partial charge >= 0.3 is 5.97 Å². The Labute approximate surface area is 96.9 Å². The van der Waals surface area contributed by atoms with Crippen LogP contribution in [0.4, 0.5) is 0 Å². The SMILES string of the molecule is O=C(OC1CCCC1)C1C[C@H]2CNC[C@H]2C1. The van der Waals surface area contributed by atoms with Gasteiger partial charge < -0.3 is 10.1 Å². The van der Waals surface area contributed by atoms with Crippen molar-refractivity contribution in [3.63, 3.8) is 0 Å². The van der Waals surface area contributed by atoms with Crippen LogP contribution < -0.4 is 5.32 Å². The van der Waals surface area contributed by atoms with Gasteiger partial charge in [0.15, 0.2) is 0 Å². The number of carbonyl (C=O) groups excluding carboxylic acids is 1. The van der Waals surface area contributed by atoms with E-state index in [0.717, 1.165) is 50.6 Å². The lowest BCUT2D eigenvalue weighted by Gasteiger charge is -2.15. The van der Waals surface area contributed by atoms with Crippen LogP contribution >= 0.6 is 0 Å². The number of ether oxygens (including phenoxy) is 1. The highest BCUT2D eigenvalue weighted by Crippen LogP contribution is 2.39. The molecule has 1 heterocycles. The van der Waals surface area contributed by atoms with Crippen LogP contribution in [0.15, 0.2) is 0 Å². The van der Waals surface area contributed by atoms with Gasteiger partial charge in [-0.2, -0.15) is 0 Å². The first kappa shape index (κ1) is 10.6. The third kappa shape index (κ3) is 1.97. The number of carbonyl (C=O) groups is 1. The van der Waals surface area contributed by atoms with Crippen LogP contribution in [0, 0.1) is 17.8 Å². The number of esters is 1. The predicted molar refractivity (Wildman–Crippen MR) is 60.9 cm³/mol. The van der Waals surface area contributed by atoms with Gasteiger partial charge in [0.1, 0.15) is 6.10 Å². The predicted octanol–water partition coefficient (Wildman–Crippen LogP) is 1.72. The van der Waals surface area contributed by atoms with E-state index in [1.54, 1.807) is 0 Å². The van der Waals surface area contributed by atoms with E-state index in [9.17, 15) is 4.79 Å². The molecule has 1 unspecified atom stereocenters. The summed E-state index contributed by atoms with van der Waals surface area (Å²) in [7, 11) is 0. The molecule has 1 N–H and O–H groups in total. The summed E-state index contributed by atoms with van der Waals surface area (Å²) in [6.45, 7) is 2.22. The highest BCUT2D eigenvalue weighted by Gasteiger charge is 2.41. The van der Waals surface area contributed by atoms with Gasteiger partial charge in [-0.3, -0.25) is 4.79 Å². The van der Waals surface area contributed by atoms with Crippen LogP contribution in [0.2, 0.25) is 0 Å². The molecule has 3 fully saturated rings. The summed E-state index contributed by atoms with van der Waals surface area (Å²) >= 11 is 0. The summed E-state index contributed by atoms with van der Waals surface area (Å²) in [4.78, 5) is 12.0. The summed E-state index contributed by atoms with van der Waals surface area (Å²) in [5, 5.41) is 3.40.